The van der Waals surface area contributed by atoms with Crippen LogP contribution in [0.25, 0.3) is 0 Å². The molecule has 1 aromatic carbocycles. The lowest BCUT2D eigenvalue weighted by molar-refractivity contribution is 0.466. The molecule has 14 heavy (non-hydrogen) atoms. The van der Waals surface area contributed by atoms with E-state index in [1.165, 1.54) is 5.56 Å². The summed E-state index contributed by atoms with van der Waals surface area (Å²) >= 11 is 0. The fourth-order valence-electron chi connectivity index (χ4n) is 1.58. The average molecular weight is 193 g/mol. The standard InChI is InChI=1S/C12H19NO/c1-8-6-11(5-4-10(3)13)7-9(2)12(8)14/h6-7,10,14H,4-5,13H2,1-3H3/t10-/m0/s1. The van der Waals surface area contributed by atoms with Crippen molar-refractivity contribution in [2.45, 2.75) is 39.7 Å². The van der Waals surface area contributed by atoms with E-state index in [0.29, 0.717) is 5.75 Å². The molecule has 2 heteroatoms. The number of nitrogens with two attached hydrogens (primary N) is 1. The molecule has 0 unspecified atom stereocenters. The van der Waals surface area contributed by atoms with Gasteiger partial charge < -0.3 is 10.8 Å². The zero-order valence-corrected chi connectivity index (χ0v) is 9.17. The fourth-order valence-corrected chi connectivity index (χ4v) is 1.58. The monoisotopic (exact) mass is 193 g/mol. The van der Waals surface area contributed by atoms with Gasteiger partial charge in [0.2, 0.25) is 0 Å². The van der Waals surface area contributed by atoms with Crippen molar-refractivity contribution in [3.8, 4) is 5.75 Å². The number of aromatic hydroxyl groups is 1. The molecule has 0 radical (unpaired) electrons. The van der Waals surface area contributed by atoms with E-state index < -0.39 is 0 Å². The predicted molar refractivity (Wildman–Crippen MR) is 59.6 cm³/mol. The Morgan fingerprint density at radius 1 is 1.29 bits per heavy atom. The van der Waals surface area contributed by atoms with Crippen molar-refractivity contribution in [3.05, 3.63) is 28.8 Å². The van der Waals surface area contributed by atoms with E-state index in [1.807, 2.05) is 32.9 Å². The van der Waals surface area contributed by atoms with Gasteiger partial charge in [-0.25, -0.2) is 0 Å². The number of aryl methyl sites for hydroxylation is 3. The Bertz CT molecular complexity index is 295. The second-order valence-electron chi connectivity index (χ2n) is 4.09. The summed E-state index contributed by atoms with van der Waals surface area (Å²) in [4.78, 5) is 0. The quantitative estimate of drug-likeness (QED) is 0.773. The number of rotatable bonds is 3. The first kappa shape index (κ1) is 11.1. The molecule has 0 amide bonds. The number of phenolic OH excluding ortho intramolecular Hbond substituents is 1. The zero-order chi connectivity index (χ0) is 10.7. The van der Waals surface area contributed by atoms with Gasteiger partial charge in [0, 0.05) is 6.04 Å². The second-order valence-corrected chi connectivity index (χ2v) is 4.09. The Kier molecular flexibility index (Phi) is 3.53. The van der Waals surface area contributed by atoms with E-state index in [9.17, 15) is 5.11 Å². The summed E-state index contributed by atoms with van der Waals surface area (Å²) in [5.74, 6) is 0.412. The molecule has 0 bridgehead atoms. The third-order valence-corrected chi connectivity index (χ3v) is 2.44. The Balaban J connectivity index is 2.79. The lowest BCUT2D eigenvalue weighted by Gasteiger charge is -2.09. The highest BCUT2D eigenvalue weighted by molar-refractivity contribution is 5.42. The van der Waals surface area contributed by atoms with Crippen LogP contribution >= 0.6 is 0 Å². The van der Waals surface area contributed by atoms with Crippen molar-refractivity contribution in [1.29, 1.82) is 0 Å². The maximum absolute atomic E-state index is 9.58. The third-order valence-electron chi connectivity index (χ3n) is 2.44. The average Bonchev–Trinajstić information content (AvgIpc) is 2.10. The molecule has 78 valence electrons. The Labute approximate surface area is 85.8 Å². The minimum absolute atomic E-state index is 0.240. The molecule has 3 N–H and O–H groups in total. The first-order chi connectivity index (χ1) is 6.50. The van der Waals surface area contributed by atoms with E-state index in [2.05, 4.69) is 0 Å². The molecule has 1 aromatic rings. The molecular formula is C12H19NO. The van der Waals surface area contributed by atoms with Crippen LogP contribution in [0.3, 0.4) is 0 Å². The molecule has 0 aliphatic heterocycles. The first-order valence-electron chi connectivity index (χ1n) is 5.05. The fraction of sp³-hybridized carbons (Fsp3) is 0.500. The van der Waals surface area contributed by atoms with Gasteiger partial charge in [0.15, 0.2) is 0 Å². The summed E-state index contributed by atoms with van der Waals surface area (Å²) < 4.78 is 0. The minimum Gasteiger partial charge on any atom is -0.507 e. The summed E-state index contributed by atoms with van der Waals surface area (Å²) in [5.41, 5.74) is 8.85. The van der Waals surface area contributed by atoms with Gasteiger partial charge in [0.25, 0.3) is 0 Å². The van der Waals surface area contributed by atoms with Crippen LogP contribution < -0.4 is 5.73 Å². The highest BCUT2D eigenvalue weighted by atomic mass is 16.3. The number of hydrogen-bond acceptors (Lipinski definition) is 2. The highest BCUT2D eigenvalue weighted by Gasteiger charge is 2.04. The van der Waals surface area contributed by atoms with Gasteiger partial charge in [-0.2, -0.15) is 0 Å². The topological polar surface area (TPSA) is 46.2 Å². The van der Waals surface area contributed by atoms with Gasteiger partial charge in [0.1, 0.15) is 5.75 Å². The lowest BCUT2D eigenvalue weighted by atomic mass is 10.0. The first-order valence-corrected chi connectivity index (χ1v) is 5.05. The zero-order valence-electron chi connectivity index (χ0n) is 9.17. The Morgan fingerprint density at radius 3 is 2.21 bits per heavy atom. The third kappa shape index (κ3) is 2.74. The van der Waals surface area contributed by atoms with E-state index >= 15 is 0 Å². The van der Waals surface area contributed by atoms with Gasteiger partial charge >= 0.3 is 0 Å². The van der Waals surface area contributed by atoms with Crippen LogP contribution in [-0.4, -0.2) is 11.1 Å². The van der Waals surface area contributed by atoms with Crippen molar-refractivity contribution < 1.29 is 5.11 Å². The van der Waals surface area contributed by atoms with E-state index in [0.717, 1.165) is 24.0 Å². The number of phenols is 1. The molecule has 0 aliphatic rings. The molecule has 0 saturated carbocycles. The molecule has 0 fully saturated rings. The van der Waals surface area contributed by atoms with E-state index in [4.69, 9.17) is 5.73 Å². The highest BCUT2D eigenvalue weighted by Crippen LogP contribution is 2.23. The van der Waals surface area contributed by atoms with Gasteiger partial charge in [0.05, 0.1) is 0 Å². The Hall–Kier alpha value is -1.02. The van der Waals surface area contributed by atoms with Crippen molar-refractivity contribution in [2.75, 3.05) is 0 Å². The van der Waals surface area contributed by atoms with Crippen molar-refractivity contribution >= 4 is 0 Å². The Morgan fingerprint density at radius 2 is 1.79 bits per heavy atom. The normalized spacial score (nSPS) is 12.9. The van der Waals surface area contributed by atoms with Crippen LogP contribution in [0.5, 0.6) is 5.75 Å². The molecule has 1 rings (SSSR count). The molecule has 0 aromatic heterocycles. The van der Waals surface area contributed by atoms with Crippen molar-refractivity contribution in [2.24, 2.45) is 5.73 Å². The van der Waals surface area contributed by atoms with Crippen molar-refractivity contribution in [3.63, 3.8) is 0 Å². The van der Waals surface area contributed by atoms with Crippen LogP contribution in [-0.2, 0) is 6.42 Å². The molecule has 0 aliphatic carbocycles. The van der Waals surface area contributed by atoms with E-state index in [-0.39, 0.29) is 6.04 Å². The largest absolute Gasteiger partial charge is 0.507 e. The van der Waals surface area contributed by atoms with E-state index in [1.54, 1.807) is 0 Å². The smallest absolute Gasteiger partial charge is 0.121 e. The molecule has 0 saturated heterocycles. The molecular weight excluding hydrogens is 174 g/mol. The lowest BCUT2D eigenvalue weighted by Crippen LogP contribution is -2.15. The molecule has 0 spiro atoms. The molecule has 0 heterocycles. The minimum atomic E-state index is 0.240. The maximum Gasteiger partial charge on any atom is 0.121 e. The maximum atomic E-state index is 9.58. The predicted octanol–water partition coefficient (Wildman–Crippen LogP) is 2.29. The van der Waals surface area contributed by atoms with Gasteiger partial charge in [-0.1, -0.05) is 12.1 Å². The van der Waals surface area contributed by atoms with Crippen LogP contribution in [0, 0.1) is 13.8 Å². The van der Waals surface area contributed by atoms with Gasteiger partial charge in [-0.05, 0) is 50.3 Å². The van der Waals surface area contributed by atoms with Crippen LogP contribution in [0.2, 0.25) is 0 Å². The molecule has 2 nitrogen and oxygen atoms in total. The summed E-state index contributed by atoms with van der Waals surface area (Å²) in [7, 11) is 0. The summed E-state index contributed by atoms with van der Waals surface area (Å²) in [5, 5.41) is 9.58. The summed E-state index contributed by atoms with van der Waals surface area (Å²) in [6, 6.07) is 4.31. The number of hydrogen-bond donors (Lipinski definition) is 2. The summed E-state index contributed by atoms with van der Waals surface area (Å²) in [6.07, 6.45) is 1.98. The van der Waals surface area contributed by atoms with Crippen LogP contribution in [0.1, 0.15) is 30.0 Å². The van der Waals surface area contributed by atoms with Crippen molar-refractivity contribution in [1.82, 2.24) is 0 Å². The van der Waals surface area contributed by atoms with Gasteiger partial charge in [-0.3, -0.25) is 0 Å². The van der Waals surface area contributed by atoms with Crippen LogP contribution in [0.15, 0.2) is 12.1 Å². The SMILES string of the molecule is Cc1cc(CC[C@H](C)N)cc(C)c1O. The summed E-state index contributed by atoms with van der Waals surface area (Å²) in [6.45, 7) is 5.87. The van der Waals surface area contributed by atoms with Gasteiger partial charge in [-0.15, -0.1) is 0 Å². The number of benzene rings is 1. The van der Waals surface area contributed by atoms with Crippen LogP contribution in [0.4, 0.5) is 0 Å². The second kappa shape index (κ2) is 4.47. The molecule has 1 atom stereocenters.